The third-order valence-electron chi connectivity index (χ3n) is 8.07. The zero-order valence-electron chi connectivity index (χ0n) is 20.4. The number of nitrogens with two attached hydrogens (primary N) is 1. The van der Waals surface area contributed by atoms with E-state index in [1.165, 1.54) is 6.07 Å². The van der Waals surface area contributed by atoms with Gasteiger partial charge in [0, 0.05) is 17.9 Å². The second-order valence-electron chi connectivity index (χ2n) is 10.4. The fraction of sp³-hybridized carbons (Fsp3) is 0.357. The number of benzene rings is 2. The first-order chi connectivity index (χ1) is 17.0. The highest BCUT2D eigenvalue weighted by atomic mass is 16.3. The van der Waals surface area contributed by atoms with Gasteiger partial charge in [0.05, 0.1) is 17.2 Å². The van der Waals surface area contributed by atoms with E-state index in [9.17, 15) is 30.0 Å². The standard InChI is InChI=1S/C28H30N2O6/c1-13-4-6-14(7-5-13)16-8-9-20(31)22-17(16)10-15-11-19-23(30(2)3)24(32)18(27(29)35)12-28(19,36)26(34)21(15)25(22)33/h4-9,15,19,23,31-32,34,36H,10-12H2,1-3H3,(H2,29,35). The van der Waals surface area contributed by atoms with Crippen LogP contribution in [0.2, 0.25) is 0 Å². The van der Waals surface area contributed by atoms with Gasteiger partial charge in [-0.25, -0.2) is 0 Å². The van der Waals surface area contributed by atoms with Crippen molar-refractivity contribution in [2.75, 3.05) is 14.1 Å². The van der Waals surface area contributed by atoms with Gasteiger partial charge in [-0.05, 0) is 62.5 Å². The van der Waals surface area contributed by atoms with E-state index in [1.54, 1.807) is 25.1 Å². The zero-order chi connectivity index (χ0) is 26.1. The number of phenols is 1. The SMILES string of the molecule is Cc1ccc(-c2ccc(O)c3c2CC2CC4C(N(C)C)C(O)=C(C(N)=O)CC4(O)C(O)=C2C3=O)cc1. The molecule has 1 amide bonds. The van der Waals surface area contributed by atoms with Crippen LogP contribution in [0.1, 0.15) is 34.3 Å². The molecule has 8 nitrogen and oxygen atoms in total. The molecule has 0 saturated carbocycles. The minimum absolute atomic E-state index is 0.0420. The summed E-state index contributed by atoms with van der Waals surface area (Å²) in [6.07, 6.45) is 0.238. The van der Waals surface area contributed by atoms with Gasteiger partial charge in [0.1, 0.15) is 22.9 Å². The molecule has 4 atom stereocenters. The molecular formula is C28H30N2O6. The number of aliphatic hydroxyl groups is 3. The van der Waals surface area contributed by atoms with Gasteiger partial charge in [0.15, 0.2) is 5.78 Å². The van der Waals surface area contributed by atoms with Crippen LogP contribution in [0.25, 0.3) is 11.1 Å². The number of allylic oxidation sites excluding steroid dienone is 1. The lowest BCUT2D eigenvalue weighted by Crippen LogP contribution is -2.59. The third kappa shape index (κ3) is 3.36. The number of nitrogens with zero attached hydrogens (tertiary/aromatic N) is 1. The number of rotatable bonds is 3. The zero-order valence-corrected chi connectivity index (χ0v) is 20.4. The van der Waals surface area contributed by atoms with Crippen molar-refractivity contribution in [3.63, 3.8) is 0 Å². The van der Waals surface area contributed by atoms with Gasteiger partial charge >= 0.3 is 0 Å². The van der Waals surface area contributed by atoms with Crippen molar-refractivity contribution in [3.8, 4) is 16.9 Å². The molecule has 0 radical (unpaired) electrons. The van der Waals surface area contributed by atoms with Crippen LogP contribution in [0.4, 0.5) is 0 Å². The first-order valence-electron chi connectivity index (χ1n) is 12.0. The summed E-state index contributed by atoms with van der Waals surface area (Å²) < 4.78 is 0. The Morgan fingerprint density at radius 2 is 1.75 bits per heavy atom. The van der Waals surface area contributed by atoms with Gasteiger partial charge in [0.2, 0.25) is 5.91 Å². The highest BCUT2D eigenvalue weighted by Crippen LogP contribution is 2.54. The Hall–Kier alpha value is -3.62. The maximum Gasteiger partial charge on any atom is 0.248 e. The van der Waals surface area contributed by atoms with Crippen molar-refractivity contribution in [1.29, 1.82) is 0 Å². The van der Waals surface area contributed by atoms with Crippen LogP contribution < -0.4 is 5.73 Å². The van der Waals surface area contributed by atoms with Crippen molar-refractivity contribution in [2.24, 2.45) is 17.6 Å². The molecule has 0 aromatic heterocycles. The fourth-order valence-corrected chi connectivity index (χ4v) is 6.34. The summed E-state index contributed by atoms with van der Waals surface area (Å²) >= 11 is 0. The fourth-order valence-electron chi connectivity index (χ4n) is 6.34. The van der Waals surface area contributed by atoms with Gasteiger partial charge in [-0.2, -0.15) is 0 Å². The number of hydrogen-bond acceptors (Lipinski definition) is 7. The van der Waals surface area contributed by atoms with Gasteiger partial charge in [-0.1, -0.05) is 35.9 Å². The molecule has 2 aromatic rings. The maximum atomic E-state index is 13.8. The Morgan fingerprint density at radius 1 is 1.08 bits per heavy atom. The summed E-state index contributed by atoms with van der Waals surface area (Å²) in [5.41, 5.74) is 7.01. The highest BCUT2D eigenvalue weighted by molar-refractivity contribution is 6.14. The molecule has 4 unspecified atom stereocenters. The smallest absolute Gasteiger partial charge is 0.248 e. The van der Waals surface area contributed by atoms with Gasteiger partial charge in [-0.3, -0.25) is 14.5 Å². The number of likely N-dealkylation sites (N-methyl/N-ethyl adjacent to an activating group) is 1. The molecule has 2 aromatic carbocycles. The van der Waals surface area contributed by atoms with Gasteiger partial charge in [0.25, 0.3) is 0 Å². The number of amides is 1. The second-order valence-corrected chi connectivity index (χ2v) is 10.4. The number of ketones is 1. The quantitative estimate of drug-likeness (QED) is 0.445. The molecule has 8 heteroatoms. The Balaban J connectivity index is 1.69. The van der Waals surface area contributed by atoms with Crippen molar-refractivity contribution in [3.05, 3.63) is 75.8 Å². The number of aromatic hydroxyl groups is 1. The molecule has 3 aliphatic carbocycles. The first kappa shape index (κ1) is 24.1. The van der Waals surface area contributed by atoms with Crippen LogP contribution >= 0.6 is 0 Å². The topological polar surface area (TPSA) is 144 Å². The summed E-state index contributed by atoms with van der Waals surface area (Å²) in [5.74, 6) is -3.52. The Morgan fingerprint density at radius 3 is 2.36 bits per heavy atom. The molecule has 0 heterocycles. The normalized spacial score (nSPS) is 27.6. The minimum atomic E-state index is -1.96. The molecule has 0 fully saturated rings. The van der Waals surface area contributed by atoms with Crippen LogP contribution in [0.3, 0.4) is 0 Å². The van der Waals surface area contributed by atoms with E-state index in [4.69, 9.17) is 5.73 Å². The largest absolute Gasteiger partial charge is 0.510 e. The predicted octanol–water partition coefficient (Wildman–Crippen LogP) is 2.92. The number of hydrogen-bond donors (Lipinski definition) is 5. The first-order valence-corrected chi connectivity index (χ1v) is 12.0. The summed E-state index contributed by atoms with van der Waals surface area (Å²) in [5, 5.41) is 44.7. The average Bonchev–Trinajstić information content (AvgIpc) is 2.81. The van der Waals surface area contributed by atoms with Crippen molar-refractivity contribution in [1.82, 2.24) is 4.90 Å². The number of aryl methyl sites for hydroxylation is 1. The molecule has 6 N–H and O–H groups in total. The molecule has 188 valence electrons. The van der Waals surface area contributed by atoms with Gasteiger partial charge in [-0.15, -0.1) is 0 Å². The molecule has 36 heavy (non-hydrogen) atoms. The van der Waals surface area contributed by atoms with E-state index in [-0.39, 0.29) is 34.6 Å². The van der Waals surface area contributed by atoms with E-state index in [0.717, 1.165) is 16.7 Å². The number of phenolic OH excluding ortho intramolecular Hbond substituents is 1. The Bertz CT molecular complexity index is 1360. The minimum Gasteiger partial charge on any atom is -0.510 e. The van der Waals surface area contributed by atoms with E-state index in [2.05, 4.69) is 0 Å². The number of Topliss-reactive ketones (excluding diaryl/α,β-unsaturated/α-hetero) is 1. The molecule has 0 aliphatic heterocycles. The van der Waals surface area contributed by atoms with E-state index >= 15 is 0 Å². The number of fused-ring (bicyclic) bond motifs is 3. The highest BCUT2D eigenvalue weighted by Gasteiger charge is 2.58. The van der Waals surface area contributed by atoms with E-state index in [0.29, 0.717) is 12.0 Å². The predicted molar refractivity (Wildman–Crippen MR) is 133 cm³/mol. The average molecular weight is 491 g/mol. The summed E-state index contributed by atoms with van der Waals surface area (Å²) in [4.78, 5) is 27.5. The molecule has 0 spiro atoms. The lowest BCUT2D eigenvalue weighted by molar-refractivity contribution is -0.118. The summed E-state index contributed by atoms with van der Waals surface area (Å²) in [6, 6.07) is 10.4. The van der Waals surface area contributed by atoms with Crippen LogP contribution in [-0.2, 0) is 11.2 Å². The summed E-state index contributed by atoms with van der Waals surface area (Å²) in [7, 11) is 3.41. The van der Waals surface area contributed by atoms with Gasteiger partial charge < -0.3 is 26.2 Å². The molecule has 3 aliphatic rings. The lowest BCUT2D eigenvalue weighted by Gasteiger charge is -2.51. The van der Waals surface area contributed by atoms with E-state index in [1.807, 2.05) is 31.2 Å². The Labute approximate surface area is 209 Å². The molecular weight excluding hydrogens is 460 g/mol. The number of carbonyl (C=O) groups is 2. The van der Waals surface area contributed by atoms with Crippen LogP contribution in [0.5, 0.6) is 5.75 Å². The Kier molecular flexibility index (Phi) is 5.50. The van der Waals surface area contributed by atoms with Crippen LogP contribution in [0.15, 0.2) is 59.1 Å². The monoisotopic (exact) mass is 490 g/mol. The summed E-state index contributed by atoms with van der Waals surface area (Å²) in [6.45, 7) is 1.99. The maximum absolute atomic E-state index is 13.8. The van der Waals surface area contributed by atoms with Crippen LogP contribution in [-0.4, -0.2) is 62.8 Å². The molecule has 5 rings (SSSR count). The van der Waals surface area contributed by atoms with Crippen molar-refractivity contribution in [2.45, 2.75) is 37.8 Å². The molecule has 0 saturated heterocycles. The number of carbonyl (C=O) groups excluding carboxylic acids is 2. The second kappa shape index (κ2) is 8.21. The van der Waals surface area contributed by atoms with Crippen molar-refractivity contribution < 1.29 is 30.0 Å². The van der Waals surface area contributed by atoms with Crippen LogP contribution in [0, 0.1) is 18.8 Å². The third-order valence-corrected chi connectivity index (χ3v) is 8.07. The van der Waals surface area contributed by atoms with Crippen molar-refractivity contribution >= 4 is 11.7 Å². The van der Waals surface area contributed by atoms with E-state index < -0.39 is 47.3 Å². The lowest BCUT2D eigenvalue weighted by atomic mass is 9.59. The number of aliphatic hydroxyl groups excluding tert-OH is 2. The number of primary amides is 1. The molecule has 0 bridgehead atoms.